The molecular formula is C13H17ClO6. The van der Waals surface area contributed by atoms with Gasteiger partial charge in [-0.05, 0) is 12.1 Å². The fourth-order valence-corrected chi connectivity index (χ4v) is 2.07. The summed E-state index contributed by atoms with van der Waals surface area (Å²) in [5.74, 6) is 0. The predicted molar refractivity (Wildman–Crippen MR) is 70.1 cm³/mol. The Morgan fingerprint density at radius 2 is 1.85 bits per heavy atom. The van der Waals surface area contributed by atoms with Crippen LogP contribution >= 0.6 is 11.6 Å². The van der Waals surface area contributed by atoms with Crippen molar-refractivity contribution in [2.75, 3.05) is 13.2 Å². The van der Waals surface area contributed by atoms with Crippen LogP contribution in [0.1, 0.15) is 11.9 Å². The summed E-state index contributed by atoms with van der Waals surface area (Å²) in [4.78, 5) is 0. The third-order valence-electron chi connectivity index (χ3n) is 3.16. The molecule has 0 spiro atoms. The molecule has 1 heterocycles. The minimum Gasteiger partial charge on any atom is -0.394 e. The molecule has 1 saturated heterocycles. The molecule has 2 rings (SSSR count). The lowest BCUT2D eigenvalue weighted by atomic mass is 10.0. The van der Waals surface area contributed by atoms with Crippen molar-refractivity contribution in [3.63, 3.8) is 0 Å². The third kappa shape index (κ3) is 3.48. The van der Waals surface area contributed by atoms with Crippen molar-refractivity contribution < 1.29 is 29.9 Å². The predicted octanol–water partition coefficient (Wildman–Crippen LogP) is -0.171. The Hall–Kier alpha value is -0.730. The van der Waals surface area contributed by atoms with Gasteiger partial charge in [0.05, 0.1) is 13.2 Å². The van der Waals surface area contributed by atoms with E-state index in [0.29, 0.717) is 5.02 Å². The monoisotopic (exact) mass is 304 g/mol. The molecular weight excluding hydrogens is 288 g/mol. The van der Waals surface area contributed by atoms with Gasteiger partial charge in [-0.3, -0.25) is 0 Å². The van der Waals surface area contributed by atoms with E-state index in [2.05, 4.69) is 0 Å². The summed E-state index contributed by atoms with van der Waals surface area (Å²) in [5, 5.41) is 38.1. The first-order chi connectivity index (χ1) is 9.52. The number of benzene rings is 1. The van der Waals surface area contributed by atoms with Crippen LogP contribution in [0.4, 0.5) is 0 Å². The Morgan fingerprint density at radius 1 is 1.20 bits per heavy atom. The number of hydrogen-bond donors (Lipinski definition) is 4. The van der Waals surface area contributed by atoms with Gasteiger partial charge >= 0.3 is 0 Å². The van der Waals surface area contributed by atoms with Crippen molar-refractivity contribution >= 4 is 11.6 Å². The third-order valence-corrected chi connectivity index (χ3v) is 3.42. The first-order valence-corrected chi connectivity index (χ1v) is 6.58. The van der Waals surface area contributed by atoms with Gasteiger partial charge in [-0.25, -0.2) is 0 Å². The van der Waals surface area contributed by atoms with E-state index in [1.165, 1.54) is 0 Å². The number of halogens is 1. The minimum atomic E-state index is -1.50. The maximum absolute atomic E-state index is 9.88. The summed E-state index contributed by atoms with van der Waals surface area (Å²) in [5.41, 5.74) is 0.737. The van der Waals surface area contributed by atoms with E-state index in [0.717, 1.165) is 5.56 Å². The van der Waals surface area contributed by atoms with Gasteiger partial charge in [-0.2, -0.15) is 0 Å². The van der Waals surface area contributed by atoms with Crippen molar-refractivity contribution in [2.24, 2.45) is 0 Å². The van der Waals surface area contributed by atoms with Crippen molar-refractivity contribution in [1.29, 1.82) is 0 Å². The van der Waals surface area contributed by atoms with Gasteiger partial charge in [-0.1, -0.05) is 23.7 Å². The second-order valence-corrected chi connectivity index (χ2v) is 5.06. The number of aliphatic hydroxyl groups excluding tert-OH is 4. The van der Waals surface area contributed by atoms with Crippen LogP contribution in [0.25, 0.3) is 0 Å². The quantitative estimate of drug-likeness (QED) is 0.603. The summed E-state index contributed by atoms with van der Waals surface area (Å²) >= 11 is 5.78. The molecule has 7 heteroatoms. The lowest BCUT2D eigenvalue weighted by molar-refractivity contribution is -0.134. The molecule has 0 aliphatic carbocycles. The number of hydrogen-bond acceptors (Lipinski definition) is 6. The van der Waals surface area contributed by atoms with E-state index in [9.17, 15) is 15.3 Å². The van der Waals surface area contributed by atoms with Crippen molar-refractivity contribution in [3.8, 4) is 0 Å². The highest BCUT2D eigenvalue weighted by Crippen LogP contribution is 2.29. The molecule has 4 N–H and O–H groups in total. The molecule has 112 valence electrons. The van der Waals surface area contributed by atoms with Crippen LogP contribution in [0, 0.1) is 0 Å². The van der Waals surface area contributed by atoms with Gasteiger partial charge < -0.3 is 29.9 Å². The zero-order chi connectivity index (χ0) is 14.7. The first kappa shape index (κ1) is 15.7. The molecule has 5 atom stereocenters. The molecule has 1 fully saturated rings. The Morgan fingerprint density at radius 3 is 2.45 bits per heavy atom. The van der Waals surface area contributed by atoms with Crippen LogP contribution in [0.2, 0.25) is 5.02 Å². The number of rotatable bonds is 5. The van der Waals surface area contributed by atoms with Crippen LogP contribution in [-0.2, 0) is 9.47 Å². The molecule has 1 aliphatic heterocycles. The largest absolute Gasteiger partial charge is 0.394 e. The van der Waals surface area contributed by atoms with E-state index < -0.39 is 37.3 Å². The van der Waals surface area contributed by atoms with Crippen LogP contribution < -0.4 is 0 Å². The highest BCUT2D eigenvalue weighted by molar-refractivity contribution is 6.30. The summed E-state index contributed by atoms with van der Waals surface area (Å²) in [6.45, 7) is -0.573. The number of aliphatic hydroxyl groups is 4. The molecule has 20 heavy (non-hydrogen) atoms. The second kappa shape index (κ2) is 6.82. The van der Waals surface area contributed by atoms with Gasteiger partial charge in [0.15, 0.2) is 6.29 Å². The average molecular weight is 305 g/mol. The number of ether oxygens (including phenoxy) is 2. The Kier molecular flexibility index (Phi) is 5.34. The molecule has 1 unspecified atom stereocenters. The lowest BCUT2D eigenvalue weighted by Crippen LogP contribution is -2.46. The maximum Gasteiger partial charge on any atom is 0.184 e. The van der Waals surface area contributed by atoms with Gasteiger partial charge in [0.2, 0.25) is 0 Å². The van der Waals surface area contributed by atoms with Crippen molar-refractivity contribution in [1.82, 2.24) is 0 Å². The standard InChI is InChI=1S/C13H17ClO6/c14-8-3-1-7(2-4-8)13-19-6-10(20-13)12(18)11(17)9(16)5-15/h1-4,9-13,15-18H,5-6H2/t9-,10+,11-,12-,13?/m0/s1. The first-order valence-electron chi connectivity index (χ1n) is 6.20. The van der Waals surface area contributed by atoms with Gasteiger partial charge in [0, 0.05) is 10.6 Å². The van der Waals surface area contributed by atoms with Crippen LogP contribution in [0.3, 0.4) is 0 Å². The van der Waals surface area contributed by atoms with E-state index >= 15 is 0 Å². The topological polar surface area (TPSA) is 99.4 Å². The van der Waals surface area contributed by atoms with Crippen LogP contribution in [-0.4, -0.2) is 58.1 Å². The fourth-order valence-electron chi connectivity index (χ4n) is 1.95. The molecule has 0 amide bonds. The van der Waals surface area contributed by atoms with Crippen molar-refractivity contribution in [2.45, 2.75) is 30.7 Å². The van der Waals surface area contributed by atoms with Gasteiger partial charge in [0.1, 0.15) is 24.4 Å². The minimum absolute atomic E-state index is 0.0731. The van der Waals surface area contributed by atoms with E-state index in [1.807, 2.05) is 0 Å². The van der Waals surface area contributed by atoms with E-state index in [4.69, 9.17) is 26.2 Å². The van der Waals surface area contributed by atoms with Crippen LogP contribution in [0.15, 0.2) is 24.3 Å². The molecule has 0 radical (unpaired) electrons. The lowest BCUT2D eigenvalue weighted by Gasteiger charge is -2.25. The molecule has 6 nitrogen and oxygen atoms in total. The normalized spacial score (nSPS) is 27.2. The second-order valence-electron chi connectivity index (χ2n) is 4.62. The zero-order valence-corrected chi connectivity index (χ0v) is 11.3. The van der Waals surface area contributed by atoms with Crippen molar-refractivity contribution in [3.05, 3.63) is 34.9 Å². The van der Waals surface area contributed by atoms with E-state index in [-0.39, 0.29) is 6.61 Å². The summed E-state index contributed by atoms with van der Waals surface area (Å²) in [7, 11) is 0. The molecule has 1 aromatic rings. The molecule has 0 saturated carbocycles. The molecule has 1 aromatic carbocycles. The van der Waals surface area contributed by atoms with Crippen LogP contribution in [0.5, 0.6) is 0 Å². The van der Waals surface area contributed by atoms with Gasteiger partial charge in [0.25, 0.3) is 0 Å². The molecule has 0 aromatic heterocycles. The Balaban J connectivity index is 1.96. The SMILES string of the molecule is OC[C@H](O)[C@H](O)[C@@H](O)[C@H]1COC(c2ccc(Cl)cc2)O1. The molecule has 0 bridgehead atoms. The summed E-state index contributed by atoms with van der Waals surface area (Å²) in [6.07, 6.45) is -5.73. The summed E-state index contributed by atoms with van der Waals surface area (Å²) < 4.78 is 10.9. The fraction of sp³-hybridized carbons (Fsp3) is 0.538. The summed E-state index contributed by atoms with van der Waals surface area (Å²) in [6, 6.07) is 6.86. The Labute approximate surface area is 121 Å². The molecule has 1 aliphatic rings. The highest BCUT2D eigenvalue weighted by Gasteiger charge is 2.38. The van der Waals surface area contributed by atoms with Gasteiger partial charge in [-0.15, -0.1) is 0 Å². The Bertz CT molecular complexity index is 425. The average Bonchev–Trinajstić information content (AvgIpc) is 2.95. The zero-order valence-electron chi connectivity index (χ0n) is 10.6. The van der Waals surface area contributed by atoms with E-state index in [1.54, 1.807) is 24.3 Å². The highest BCUT2D eigenvalue weighted by atomic mass is 35.5. The smallest absolute Gasteiger partial charge is 0.184 e. The maximum atomic E-state index is 9.88.